The van der Waals surface area contributed by atoms with Gasteiger partial charge >= 0.3 is 0 Å². The molecule has 8 nitrogen and oxygen atoms in total. The molecule has 0 saturated carbocycles. The van der Waals surface area contributed by atoms with Crippen LogP contribution >= 0.6 is 0 Å². The molecule has 0 radical (unpaired) electrons. The van der Waals surface area contributed by atoms with Crippen LogP contribution in [0, 0.1) is 0 Å². The molecule has 28 heavy (non-hydrogen) atoms. The maximum absolute atomic E-state index is 13.1. The molecule has 1 fully saturated rings. The molecule has 152 valence electrons. The number of hydrogen-bond acceptors (Lipinski definition) is 6. The topological polar surface area (TPSA) is 102 Å². The van der Waals surface area contributed by atoms with Gasteiger partial charge in [0.25, 0.3) is 0 Å². The average Bonchev–Trinajstić information content (AvgIpc) is 3.14. The predicted molar refractivity (Wildman–Crippen MR) is 103 cm³/mol. The third-order valence-electron chi connectivity index (χ3n) is 5.72. The molecule has 1 saturated heterocycles. The van der Waals surface area contributed by atoms with Crippen LogP contribution in [0.1, 0.15) is 36.8 Å². The summed E-state index contributed by atoms with van der Waals surface area (Å²) >= 11 is 0. The molecule has 1 aromatic heterocycles. The van der Waals surface area contributed by atoms with E-state index in [0.717, 1.165) is 31.2 Å². The van der Waals surface area contributed by atoms with Gasteiger partial charge in [-0.3, -0.25) is 0 Å². The molecular formula is C18H24N4O4S2. The second kappa shape index (κ2) is 7.23. The minimum absolute atomic E-state index is 0.0662. The number of sulfonamides is 1. The zero-order valence-electron chi connectivity index (χ0n) is 15.8. The Morgan fingerprint density at radius 3 is 2.32 bits per heavy atom. The van der Waals surface area contributed by atoms with E-state index in [1.807, 2.05) is 6.07 Å². The Bertz CT molecular complexity index is 1080. The van der Waals surface area contributed by atoms with Gasteiger partial charge in [0.1, 0.15) is 6.33 Å². The normalized spacial score (nSPS) is 19.5. The number of fused-ring (bicyclic) bond motifs is 1. The van der Waals surface area contributed by atoms with Crippen molar-refractivity contribution in [1.82, 2.24) is 19.1 Å². The minimum Gasteiger partial charge on any atom is -0.308 e. The fourth-order valence-electron chi connectivity index (χ4n) is 4.08. The van der Waals surface area contributed by atoms with Gasteiger partial charge in [0.2, 0.25) is 25.0 Å². The highest BCUT2D eigenvalue weighted by Gasteiger charge is 2.37. The zero-order valence-corrected chi connectivity index (χ0v) is 17.4. The molecule has 10 heteroatoms. The molecule has 2 aromatic rings. The first-order valence-corrected chi connectivity index (χ1v) is 12.5. The summed E-state index contributed by atoms with van der Waals surface area (Å²) in [5, 5.41) is 6.64. The summed E-state index contributed by atoms with van der Waals surface area (Å²) in [7, 11) is -5.66. The average molecular weight is 425 g/mol. The summed E-state index contributed by atoms with van der Waals surface area (Å²) in [4.78, 5) is 0.308. The Balaban J connectivity index is 1.51. The zero-order chi connectivity index (χ0) is 19.9. The standard InChI is InChI=1S/C18H24N4O4S2/c1-21-13-19-20-18(21)27(23,24)16-8-10-22(11-9-16)28(25,26)17-7-6-14-4-2-3-5-15(14)12-17/h6-7,12-13,16H,2-5,8-11H2,1H3. The first-order chi connectivity index (χ1) is 13.3. The third-order valence-corrected chi connectivity index (χ3v) is 9.84. The van der Waals surface area contributed by atoms with E-state index in [0.29, 0.717) is 4.90 Å². The second-order valence-corrected chi connectivity index (χ2v) is 11.6. The predicted octanol–water partition coefficient (Wildman–Crippen LogP) is 1.32. The van der Waals surface area contributed by atoms with Gasteiger partial charge in [-0.05, 0) is 61.8 Å². The second-order valence-electron chi connectivity index (χ2n) is 7.51. The van der Waals surface area contributed by atoms with E-state index >= 15 is 0 Å². The van der Waals surface area contributed by atoms with Crippen molar-refractivity contribution in [2.45, 2.75) is 53.8 Å². The van der Waals surface area contributed by atoms with Gasteiger partial charge in [0.15, 0.2) is 0 Å². The molecule has 1 aromatic carbocycles. The lowest BCUT2D eigenvalue weighted by atomic mass is 9.92. The summed E-state index contributed by atoms with van der Waals surface area (Å²) in [6.07, 6.45) is 5.99. The Labute approximate surface area is 165 Å². The number of benzene rings is 1. The van der Waals surface area contributed by atoms with Gasteiger partial charge in [-0.15, -0.1) is 10.2 Å². The summed E-state index contributed by atoms with van der Waals surface area (Å²) < 4.78 is 54.4. The smallest absolute Gasteiger partial charge is 0.249 e. The highest BCUT2D eigenvalue weighted by Crippen LogP contribution is 2.29. The van der Waals surface area contributed by atoms with Gasteiger partial charge in [0, 0.05) is 20.1 Å². The van der Waals surface area contributed by atoms with Crippen LogP contribution in [0.3, 0.4) is 0 Å². The van der Waals surface area contributed by atoms with Gasteiger partial charge in [-0.2, -0.15) is 4.31 Å². The summed E-state index contributed by atoms with van der Waals surface area (Å²) in [5.41, 5.74) is 2.35. The van der Waals surface area contributed by atoms with E-state index in [9.17, 15) is 16.8 Å². The van der Waals surface area contributed by atoms with E-state index in [1.54, 1.807) is 19.2 Å². The molecule has 0 amide bonds. The van der Waals surface area contributed by atoms with Gasteiger partial charge in [-0.1, -0.05) is 6.07 Å². The lowest BCUT2D eigenvalue weighted by Gasteiger charge is -2.31. The molecule has 1 aliphatic heterocycles. The first-order valence-electron chi connectivity index (χ1n) is 9.50. The Morgan fingerprint density at radius 1 is 1.00 bits per heavy atom. The van der Waals surface area contributed by atoms with Crippen LogP contribution in [0.4, 0.5) is 0 Å². The van der Waals surface area contributed by atoms with Crippen LogP contribution in [0.5, 0.6) is 0 Å². The highest BCUT2D eigenvalue weighted by atomic mass is 32.2. The fourth-order valence-corrected chi connectivity index (χ4v) is 7.34. The van der Waals surface area contributed by atoms with E-state index in [1.165, 1.54) is 20.8 Å². The number of rotatable bonds is 4. The largest absolute Gasteiger partial charge is 0.308 e. The van der Waals surface area contributed by atoms with Crippen LogP contribution in [0.25, 0.3) is 0 Å². The van der Waals surface area contributed by atoms with Crippen molar-refractivity contribution in [2.24, 2.45) is 7.05 Å². The summed E-state index contributed by atoms with van der Waals surface area (Å²) in [6.45, 7) is 0.363. The molecule has 2 aliphatic rings. The Morgan fingerprint density at radius 2 is 1.68 bits per heavy atom. The van der Waals surface area contributed by atoms with E-state index in [2.05, 4.69) is 10.2 Å². The molecule has 0 spiro atoms. The van der Waals surface area contributed by atoms with Gasteiger partial charge in [0.05, 0.1) is 10.1 Å². The lowest BCUT2D eigenvalue weighted by molar-refractivity contribution is 0.344. The molecule has 1 aliphatic carbocycles. The molecule has 4 rings (SSSR count). The van der Waals surface area contributed by atoms with Crippen LogP contribution < -0.4 is 0 Å². The van der Waals surface area contributed by atoms with Crippen molar-refractivity contribution in [1.29, 1.82) is 0 Å². The molecule has 0 N–H and O–H groups in total. The van der Waals surface area contributed by atoms with Crippen LogP contribution in [-0.4, -0.2) is 54.2 Å². The maximum Gasteiger partial charge on any atom is 0.249 e. The van der Waals surface area contributed by atoms with Crippen molar-refractivity contribution in [2.75, 3.05) is 13.1 Å². The van der Waals surface area contributed by atoms with Gasteiger partial charge < -0.3 is 4.57 Å². The Hall–Kier alpha value is -1.78. The highest BCUT2D eigenvalue weighted by molar-refractivity contribution is 7.92. The van der Waals surface area contributed by atoms with E-state index < -0.39 is 25.1 Å². The molecule has 0 bridgehead atoms. The van der Waals surface area contributed by atoms with Crippen LogP contribution in [0.2, 0.25) is 0 Å². The van der Waals surface area contributed by atoms with Crippen molar-refractivity contribution in [3.63, 3.8) is 0 Å². The number of sulfone groups is 1. The van der Waals surface area contributed by atoms with Crippen molar-refractivity contribution in [3.8, 4) is 0 Å². The minimum atomic E-state index is -3.63. The fraction of sp³-hybridized carbons (Fsp3) is 0.556. The number of piperidine rings is 1. The van der Waals surface area contributed by atoms with E-state index in [-0.39, 0.29) is 31.1 Å². The van der Waals surface area contributed by atoms with Crippen molar-refractivity contribution >= 4 is 19.9 Å². The van der Waals surface area contributed by atoms with E-state index in [4.69, 9.17) is 0 Å². The van der Waals surface area contributed by atoms with Crippen molar-refractivity contribution < 1.29 is 16.8 Å². The number of aromatic nitrogens is 3. The summed E-state index contributed by atoms with van der Waals surface area (Å²) in [5.74, 6) is 0. The number of nitrogens with zero attached hydrogens (tertiary/aromatic N) is 4. The monoisotopic (exact) mass is 424 g/mol. The first kappa shape index (κ1) is 19.5. The lowest BCUT2D eigenvalue weighted by Crippen LogP contribution is -2.42. The van der Waals surface area contributed by atoms with Crippen LogP contribution in [-0.2, 0) is 39.7 Å². The molecule has 0 atom stereocenters. The third kappa shape index (κ3) is 3.37. The quantitative estimate of drug-likeness (QED) is 0.734. The van der Waals surface area contributed by atoms with Crippen LogP contribution in [0.15, 0.2) is 34.6 Å². The molecule has 0 unspecified atom stereocenters. The molecular weight excluding hydrogens is 400 g/mol. The Kier molecular flexibility index (Phi) is 5.05. The summed E-state index contributed by atoms with van der Waals surface area (Å²) in [6, 6.07) is 5.40. The van der Waals surface area contributed by atoms with Gasteiger partial charge in [-0.25, -0.2) is 16.8 Å². The number of hydrogen-bond donors (Lipinski definition) is 0. The number of aryl methyl sites for hydroxylation is 3. The molecule has 2 heterocycles. The van der Waals surface area contributed by atoms with Crippen molar-refractivity contribution in [3.05, 3.63) is 35.7 Å². The maximum atomic E-state index is 13.1. The SMILES string of the molecule is Cn1cnnc1S(=O)(=O)C1CCN(S(=O)(=O)c2ccc3c(c2)CCCC3)CC1.